The van der Waals surface area contributed by atoms with Crippen molar-refractivity contribution in [1.82, 2.24) is 0 Å². The molecule has 1 aromatic rings. The van der Waals surface area contributed by atoms with E-state index in [1.165, 1.54) is 0 Å². The summed E-state index contributed by atoms with van der Waals surface area (Å²) < 4.78 is 17.2. The Bertz CT molecular complexity index is 507. The van der Waals surface area contributed by atoms with Crippen molar-refractivity contribution >= 4 is 5.97 Å². The Hall–Kier alpha value is -1.65. The number of hydrogen-bond acceptors (Lipinski definition) is 4. The zero-order valence-corrected chi connectivity index (χ0v) is 12.0. The number of carbonyl (C=O) groups is 1. The molecule has 0 N–H and O–H groups in total. The van der Waals surface area contributed by atoms with E-state index in [4.69, 9.17) is 14.2 Å². The van der Waals surface area contributed by atoms with Gasteiger partial charge in [0, 0.05) is 12.8 Å². The third-order valence-corrected chi connectivity index (χ3v) is 4.35. The first-order valence-electron chi connectivity index (χ1n) is 7.37. The zero-order chi connectivity index (χ0) is 14.8. The molecule has 1 aliphatic heterocycles. The normalized spacial score (nSPS) is 22.9. The van der Waals surface area contributed by atoms with Gasteiger partial charge in [0.2, 0.25) is 0 Å². The number of ether oxygens (including phenoxy) is 3. The highest BCUT2D eigenvalue weighted by atomic mass is 16.7. The Morgan fingerprint density at radius 3 is 2.29 bits per heavy atom. The smallest absolute Gasteiger partial charge is 0.338 e. The highest BCUT2D eigenvalue weighted by Gasteiger charge is 2.47. The van der Waals surface area contributed by atoms with E-state index in [2.05, 4.69) is 6.58 Å². The molecule has 0 radical (unpaired) electrons. The third kappa shape index (κ3) is 2.87. The molecule has 2 fully saturated rings. The minimum Gasteiger partial charge on any atom is -0.451 e. The van der Waals surface area contributed by atoms with Crippen LogP contribution in [0.5, 0.6) is 0 Å². The molecule has 1 spiro atoms. The summed E-state index contributed by atoms with van der Waals surface area (Å²) in [7, 11) is 0. The van der Waals surface area contributed by atoms with E-state index in [1.807, 2.05) is 18.2 Å². The average Bonchev–Trinajstić information content (AvgIpc) is 2.99. The Morgan fingerprint density at radius 1 is 1.10 bits per heavy atom. The summed E-state index contributed by atoms with van der Waals surface area (Å²) in [6.07, 6.45) is 4.54. The van der Waals surface area contributed by atoms with Gasteiger partial charge in [0.05, 0.1) is 18.8 Å². The number of esters is 1. The number of carbonyl (C=O) groups excluding carboxylic acids is 1. The number of rotatable bonds is 3. The maximum absolute atomic E-state index is 12.3. The van der Waals surface area contributed by atoms with Crippen LogP contribution in [0.25, 0.3) is 0 Å². The maximum Gasteiger partial charge on any atom is 0.338 e. The molecular weight excluding hydrogens is 268 g/mol. The van der Waals surface area contributed by atoms with E-state index in [1.54, 1.807) is 18.2 Å². The fourth-order valence-corrected chi connectivity index (χ4v) is 3.01. The molecule has 4 nitrogen and oxygen atoms in total. The summed E-state index contributed by atoms with van der Waals surface area (Å²) in [6, 6.07) is 9.04. The van der Waals surface area contributed by atoms with Crippen LogP contribution in [-0.4, -0.2) is 30.6 Å². The molecule has 112 valence electrons. The largest absolute Gasteiger partial charge is 0.451 e. The van der Waals surface area contributed by atoms with Crippen molar-refractivity contribution in [1.29, 1.82) is 0 Å². The van der Waals surface area contributed by atoms with Gasteiger partial charge in [-0.15, -0.1) is 0 Å². The second-order valence-corrected chi connectivity index (χ2v) is 5.63. The second-order valence-electron chi connectivity index (χ2n) is 5.63. The predicted octanol–water partition coefficient (Wildman–Crippen LogP) is 3.09. The second kappa shape index (κ2) is 5.62. The fraction of sp³-hybridized carbons (Fsp3) is 0.471. The quantitative estimate of drug-likeness (QED) is 0.633. The van der Waals surface area contributed by atoms with E-state index < -0.39 is 11.4 Å². The van der Waals surface area contributed by atoms with E-state index >= 15 is 0 Å². The van der Waals surface area contributed by atoms with Crippen molar-refractivity contribution in [2.24, 2.45) is 0 Å². The number of hydrogen-bond donors (Lipinski definition) is 0. The molecule has 21 heavy (non-hydrogen) atoms. The molecule has 4 heteroatoms. The van der Waals surface area contributed by atoms with Crippen molar-refractivity contribution in [3.05, 3.63) is 48.6 Å². The molecule has 0 unspecified atom stereocenters. The predicted molar refractivity (Wildman–Crippen MR) is 77.9 cm³/mol. The highest BCUT2D eigenvalue weighted by molar-refractivity contribution is 5.89. The maximum atomic E-state index is 12.3. The standard InChI is InChI=1S/C17H20O4/c1-2-16(21-15(18)14-6-4-3-5-7-14)8-10-17(11-9-16)19-12-13-20-17/h2-7H,1,8-13H2. The van der Waals surface area contributed by atoms with E-state index in [-0.39, 0.29) is 5.97 Å². The van der Waals surface area contributed by atoms with Crippen LogP contribution in [-0.2, 0) is 14.2 Å². The van der Waals surface area contributed by atoms with Gasteiger partial charge in [-0.25, -0.2) is 4.79 Å². The molecule has 1 heterocycles. The lowest BCUT2D eigenvalue weighted by Gasteiger charge is -2.41. The molecule has 0 bridgehead atoms. The SMILES string of the molecule is C=CC1(OC(=O)c2ccccc2)CCC2(CC1)OCCO2. The first kappa shape index (κ1) is 14.3. The van der Waals surface area contributed by atoms with Crippen LogP contribution in [0.15, 0.2) is 43.0 Å². The summed E-state index contributed by atoms with van der Waals surface area (Å²) >= 11 is 0. The monoisotopic (exact) mass is 288 g/mol. The van der Waals surface area contributed by atoms with E-state index in [0.29, 0.717) is 31.6 Å². The van der Waals surface area contributed by atoms with Crippen LogP contribution in [0.1, 0.15) is 36.0 Å². The minimum absolute atomic E-state index is 0.306. The van der Waals surface area contributed by atoms with Gasteiger partial charge in [-0.3, -0.25) is 0 Å². The van der Waals surface area contributed by atoms with E-state index in [0.717, 1.165) is 12.8 Å². The first-order valence-corrected chi connectivity index (χ1v) is 7.37. The van der Waals surface area contributed by atoms with Gasteiger partial charge < -0.3 is 14.2 Å². The summed E-state index contributed by atoms with van der Waals surface area (Å²) in [4.78, 5) is 12.3. The Balaban J connectivity index is 1.68. The van der Waals surface area contributed by atoms with Crippen LogP contribution in [0.4, 0.5) is 0 Å². The topological polar surface area (TPSA) is 44.8 Å². The molecule has 1 aromatic carbocycles. The van der Waals surface area contributed by atoms with Gasteiger partial charge >= 0.3 is 5.97 Å². The molecule has 0 atom stereocenters. The van der Waals surface area contributed by atoms with Gasteiger partial charge in [0.1, 0.15) is 5.60 Å². The summed E-state index contributed by atoms with van der Waals surface area (Å²) in [5, 5.41) is 0. The molecule has 1 saturated carbocycles. The summed E-state index contributed by atoms with van der Waals surface area (Å²) in [5.74, 6) is -0.772. The van der Waals surface area contributed by atoms with Gasteiger partial charge in [-0.2, -0.15) is 0 Å². The molecular formula is C17H20O4. The highest BCUT2D eigenvalue weighted by Crippen LogP contribution is 2.42. The minimum atomic E-state index is -0.618. The molecule has 2 aliphatic rings. The summed E-state index contributed by atoms with van der Waals surface area (Å²) in [5.41, 5.74) is -0.0552. The van der Waals surface area contributed by atoms with Gasteiger partial charge in [-0.05, 0) is 31.1 Å². The average molecular weight is 288 g/mol. The van der Waals surface area contributed by atoms with Crippen molar-refractivity contribution < 1.29 is 19.0 Å². The fourth-order valence-electron chi connectivity index (χ4n) is 3.01. The molecule has 3 rings (SSSR count). The lowest BCUT2D eigenvalue weighted by molar-refractivity contribution is -0.196. The van der Waals surface area contributed by atoms with Crippen molar-refractivity contribution in [3.63, 3.8) is 0 Å². The van der Waals surface area contributed by atoms with Crippen LogP contribution in [0, 0.1) is 0 Å². The molecule has 1 aliphatic carbocycles. The first-order chi connectivity index (χ1) is 10.2. The van der Waals surface area contributed by atoms with Gasteiger partial charge in [-0.1, -0.05) is 24.8 Å². The lowest BCUT2D eigenvalue weighted by atomic mass is 9.81. The molecule has 1 saturated heterocycles. The van der Waals surface area contributed by atoms with E-state index in [9.17, 15) is 4.79 Å². The van der Waals surface area contributed by atoms with Crippen molar-refractivity contribution in [2.45, 2.75) is 37.1 Å². The van der Waals surface area contributed by atoms with Gasteiger partial charge in [0.25, 0.3) is 0 Å². The lowest BCUT2D eigenvalue weighted by Crippen LogP contribution is -2.45. The number of benzene rings is 1. The summed E-state index contributed by atoms with van der Waals surface area (Å²) in [6.45, 7) is 5.15. The van der Waals surface area contributed by atoms with Crippen LogP contribution in [0.3, 0.4) is 0 Å². The van der Waals surface area contributed by atoms with Crippen molar-refractivity contribution in [2.75, 3.05) is 13.2 Å². The Morgan fingerprint density at radius 2 is 1.71 bits per heavy atom. The molecule has 0 amide bonds. The Labute approximate surface area is 124 Å². The van der Waals surface area contributed by atoms with Crippen LogP contribution in [0.2, 0.25) is 0 Å². The van der Waals surface area contributed by atoms with Crippen LogP contribution < -0.4 is 0 Å². The van der Waals surface area contributed by atoms with Crippen LogP contribution >= 0.6 is 0 Å². The zero-order valence-electron chi connectivity index (χ0n) is 12.0. The third-order valence-electron chi connectivity index (χ3n) is 4.35. The van der Waals surface area contributed by atoms with Crippen molar-refractivity contribution in [3.8, 4) is 0 Å². The van der Waals surface area contributed by atoms with Gasteiger partial charge in [0.15, 0.2) is 5.79 Å². The Kier molecular flexibility index (Phi) is 3.83. The molecule has 0 aromatic heterocycles.